The van der Waals surface area contributed by atoms with Gasteiger partial charge in [-0.25, -0.2) is 4.39 Å². The standard InChI is InChI=1S/C19H25FN2O2/c1-21(2)18(24)16-7-4-8-19(16)9-10-22(13-19)17(23)12-14-5-3-6-15(20)11-14/h3,5-6,11,16H,4,7-10,12-13H2,1-2H3/t16-,19-/m0/s1. The van der Waals surface area contributed by atoms with Crippen molar-refractivity contribution < 1.29 is 14.0 Å². The average molecular weight is 332 g/mol. The summed E-state index contributed by atoms with van der Waals surface area (Å²) in [7, 11) is 3.60. The van der Waals surface area contributed by atoms with Crippen molar-refractivity contribution in [2.75, 3.05) is 27.2 Å². The zero-order valence-electron chi connectivity index (χ0n) is 14.4. The minimum atomic E-state index is -0.314. The Kier molecular flexibility index (Phi) is 4.61. The van der Waals surface area contributed by atoms with Crippen molar-refractivity contribution >= 4 is 11.8 Å². The van der Waals surface area contributed by atoms with Gasteiger partial charge in [0.15, 0.2) is 0 Å². The smallest absolute Gasteiger partial charge is 0.227 e. The summed E-state index contributed by atoms with van der Waals surface area (Å²) in [5, 5.41) is 0. The second-order valence-electron chi connectivity index (χ2n) is 7.41. The quantitative estimate of drug-likeness (QED) is 0.853. The summed E-state index contributed by atoms with van der Waals surface area (Å²) in [6.45, 7) is 1.36. The highest BCUT2D eigenvalue weighted by atomic mass is 19.1. The van der Waals surface area contributed by atoms with Gasteiger partial charge in [-0.15, -0.1) is 0 Å². The molecule has 2 fully saturated rings. The summed E-state index contributed by atoms with van der Waals surface area (Å²) >= 11 is 0. The molecule has 24 heavy (non-hydrogen) atoms. The summed E-state index contributed by atoms with van der Waals surface area (Å²) in [5.41, 5.74) is 0.646. The number of hydrogen-bond donors (Lipinski definition) is 0. The molecule has 1 heterocycles. The van der Waals surface area contributed by atoms with Crippen LogP contribution in [0.15, 0.2) is 24.3 Å². The average Bonchev–Trinajstić information content (AvgIpc) is 3.14. The first-order valence-corrected chi connectivity index (χ1v) is 8.65. The molecule has 1 spiro atoms. The lowest BCUT2D eigenvalue weighted by atomic mass is 9.76. The summed E-state index contributed by atoms with van der Waals surface area (Å²) in [4.78, 5) is 28.6. The number of amides is 2. The third-order valence-electron chi connectivity index (χ3n) is 5.63. The Morgan fingerprint density at radius 3 is 2.83 bits per heavy atom. The molecule has 1 aromatic rings. The van der Waals surface area contributed by atoms with Gasteiger partial charge in [0.05, 0.1) is 6.42 Å². The lowest BCUT2D eigenvalue weighted by Crippen LogP contribution is -2.41. The summed E-state index contributed by atoms with van der Waals surface area (Å²) < 4.78 is 13.3. The Labute approximate surface area is 142 Å². The van der Waals surface area contributed by atoms with Crippen molar-refractivity contribution in [2.24, 2.45) is 11.3 Å². The number of nitrogens with zero attached hydrogens (tertiary/aromatic N) is 2. The van der Waals surface area contributed by atoms with E-state index in [1.165, 1.54) is 12.1 Å². The van der Waals surface area contributed by atoms with E-state index >= 15 is 0 Å². The molecule has 1 saturated carbocycles. The van der Waals surface area contributed by atoms with Gasteiger partial charge in [0.25, 0.3) is 0 Å². The zero-order valence-corrected chi connectivity index (χ0v) is 14.4. The van der Waals surface area contributed by atoms with E-state index in [0.717, 1.165) is 25.7 Å². The molecule has 0 radical (unpaired) electrons. The molecule has 2 amide bonds. The van der Waals surface area contributed by atoms with Gasteiger partial charge in [0.2, 0.25) is 11.8 Å². The fourth-order valence-corrected chi connectivity index (χ4v) is 4.37. The lowest BCUT2D eigenvalue weighted by Gasteiger charge is -2.32. The molecule has 1 aromatic carbocycles. The van der Waals surface area contributed by atoms with E-state index in [1.807, 2.05) is 4.90 Å². The van der Waals surface area contributed by atoms with Gasteiger partial charge in [-0.2, -0.15) is 0 Å². The lowest BCUT2D eigenvalue weighted by molar-refractivity contribution is -0.137. The molecular formula is C19H25FN2O2. The third kappa shape index (κ3) is 3.17. The number of halogens is 1. The Morgan fingerprint density at radius 2 is 2.12 bits per heavy atom. The number of likely N-dealkylation sites (tertiary alicyclic amines) is 1. The largest absolute Gasteiger partial charge is 0.349 e. The maximum Gasteiger partial charge on any atom is 0.227 e. The van der Waals surface area contributed by atoms with Crippen molar-refractivity contribution in [2.45, 2.75) is 32.1 Å². The van der Waals surface area contributed by atoms with Crippen molar-refractivity contribution in [1.29, 1.82) is 0 Å². The highest BCUT2D eigenvalue weighted by Crippen LogP contribution is 2.50. The number of rotatable bonds is 3. The van der Waals surface area contributed by atoms with Crippen LogP contribution in [0.4, 0.5) is 4.39 Å². The van der Waals surface area contributed by atoms with E-state index in [9.17, 15) is 14.0 Å². The Morgan fingerprint density at radius 1 is 1.33 bits per heavy atom. The maximum absolute atomic E-state index is 13.3. The van der Waals surface area contributed by atoms with Crippen LogP contribution in [-0.2, 0) is 16.0 Å². The molecule has 0 unspecified atom stereocenters. The molecule has 2 atom stereocenters. The van der Waals surface area contributed by atoms with Gasteiger partial charge in [0, 0.05) is 38.5 Å². The molecule has 1 saturated heterocycles. The highest BCUT2D eigenvalue weighted by Gasteiger charge is 2.51. The number of carbonyl (C=O) groups excluding carboxylic acids is 2. The van der Waals surface area contributed by atoms with Gasteiger partial charge in [-0.05, 0) is 37.0 Å². The van der Waals surface area contributed by atoms with Crippen LogP contribution in [0.2, 0.25) is 0 Å². The second-order valence-corrected chi connectivity index (χ2v) is 7.41. The monoisotopic (exact) mass is 332 g/mol. The molecule has 1 aliphatic heterocycles. The van der Waals surface area contributed by atoms with Crippen LogP contribution in [0.1, 0.15) is 31.2 Å². The van der Waals surface area contributed by atoms with Gasteiger partial charge in [0.1, 0.15) is 5.82 Å². The van der Waals surface area contributed by atoms with E-state index in [4.69, 9.17) is 0 Å². The Bertz CT molecular complexity index is 646. The van der Waals surface area contributed by atoms with Crippen molar-refractivity contribution in [3.05, 3.63) is 35.6 Å². The number of benzene rings is 1. The van der Waals surface area contributed by atoms with Crippen LogP contribution in [0.3, 0.4) is 0 Å². The Hall–Kier alpha value is -1.91. The first kappa shape index (κ1) is 16.9. The van der Waals surface area contributed by atoms with Gasteiger partial charge >= 0.3 is 0 Å². The molecule has 0 aromatic heterocycles. The minimum absolute atomic E-state index is 0.0273. The van der Waals surface area contributed by atoms with Crippen LogP contribution in [-0.4, -0.2) is 48.8 Å². The van der Waals surface area contributed by atoms with Crippen LogP contribution in [0.5, 0.6) is 0 Å². The normalized spacial score (nSPS) is 26.1. The SMILES string of the molecule is CN(C)C(=O)[C@@H]1CCC[C@@]12CCN(C(=O)Cc1cccc(F)c1)C2. The van der Waals surface area contributed by atoms with Gasteiger partial charge in [-0.1, -0.05) is 18.6 Å². The Balaban J connectivity index is 1.68. The molecule has 0 N–H and O–H groups in total. The predicted octanol–water partition coefficient (Wildman–Crippen LogP) is 2.48. The summed E-state index contributed by atoms with van der Waals surface area (Å²) in [6, 6.07) is 6.21. The predicted molar refractivity (Wildman–Crippen MR) is 89.8 cm³/mol. The number of hydrogen-bond acceptors (Lipinski definition) is 2. The highest BCUT2D eigenvalue weighted by molar-refractivity contribution is 5.81. The van der Waals surface area contributed by atoms with E-state index in [-0.39, 0.29) is 35.4 Å². The van der Waals surface area contributed by atoms with E-state index in [0.29, 0.717) is 18.7 Å². The van der Waals surface area contributed by atoms with Gasteiger partial charge in [-0.3, -0.25) is 9.59 Å². The number of carbonyl (C=O) groups is 2. The minimum Gasteiger partial charge on any atom is -0.349 e. The fraction of sp³-hybridized carbons (Fsp3) is 0.579. The molecular weight excluding hydrogens is 307 g/mol. The fourth-order valence-electron chi connectivity index (χ4n) is 4.37. The van der Waals surface area contributed by atoms with Crippen LogP contribution in [0, 0.1) is 17.2 Å². The molecule has 3 rings (SSSR count). The van der Waals surface area contributed by atoms with Crippen molar-refractivity contribution in [3.8, 4) is 0 Å². The van der Waals surface area contributed by atoms with Crippen molar-refractivity contribution in [3.63, 3.8) is 0 Å². The first-order valence-electron chi connectivity index (χ1n) is 8.65. The molecule has 2 aliphatic rings. The molecule has 130 valence electrons. The van der Waals surface area contributed by atoms with Crippen LogP contribution in [0.25, 0.3) is 0 Å². The van der Waals surface area contributed by atoms with Gasteiger partial charge < -0.3 is 9.80 Å². The zero-order chi connectivity index (χ0) is 17.3. The second kappa shape index (κ2) is 6.54. The summed E-state index contributed by atoms with van der Waals surface area (Å²) in [6.07, 6.45) is 4.10. The first-order chi connectivity index (χ1) is 11.4. The van der Waals surface area contributed by atoms with E-state index in [2.05, 4.69) is 0 Å². The third-order valence-corrected chi connectivity index (χ3v) is 5.63. The molecule has 0 bridgehead atoms. The van der Waals surface area contributed by atoms with Crippen LogP contribution < -0.4 is 0 Å². The molecule has 1 aliphatic carbocycles. The maximum atomic E-state index is 13.3. The van der Waals surface area contributed by atoms with E-state index < -0.39 is 0 Å². The summed E-state index contributed by atoms with van der Waals surface area (Å²) in [5.74, 6) is -0.0718. The van der Waals surface area contributed by atoms with Crippen molar-refractivity contribution in [1.82, 2.24) is 9.80 Å². The molecule has 4 nitrogen and oxygen atoms in total. The van der Waals surface area contributed by atoms with E-state index in [1.54, 1.807) is 31.1 Å². The topological polar surface area (TPSA) is 40.6 Å². The molecule has 5 heteroatoms. The van der Waals surface area contributed by atoms with Crippen LogP contribution >= 0.6 is 0 Å².